The normalized spacial score (nSPS) is 39.5. The molecule has 3 heteroatoms. The zero-order valence-electron chi connectivity index (χ0n) is 12.2. The van der Waals surface area contributed by atoms with Gasteiger partial charge >= 0.3 is 0 Å². The SMILES string of the molecule is CC1CC(C)(C)CCC1(O)C1(CN)CCOCC1. The molecule has 0 aromatic heterocycles. The molecule has 0 aromatic carbocycles. The number of rotatable bonds is 2. The third kappa shape index (κ3) is 2.21. The Labute approximate surface area is 111 Å². The fourth-order valence-corrected chi connectivity index (χ4v) is 4.24. The van der Waals surface area contributed by atoms with E-state index in [9.17, 15) is 5.11 Å². The molecule has 106 valence electrons. The van der Waals surface area contributed by atoms with E-state index in [1.165, 1.54) is 0 Å². The summed E-state index contributed by atoms with van der Waals surface area (Å²) >= 11 is 0. The summed E-state index contributed by atoms with van der Waals surface area (Å²) in [7, 11) is 0. The van der Waals surface area contributed by atoms with Crippen LogP contribution in [0.3, 0.4) is 0 Å². The molecule has 3 nitrogen and oxygen atoms in total. The number of hydrogen-bond acceptors (Lipinski definition) is 3. The lowest BCUT2D eigenvalue weighted by atomic mass is 9.54. The Balaban J connectivity index is 2.23. The van der Waals surface area contributed by atoms with Crippen molar-refractivity contribution in [2.75, 3.05) is 19.8 Å². The fraction of sp³-hybridized carbons (Fsp3) is 1.00. The molecule has 0 spiro atoms. The Morgan fingerprint density at radius 2 is 1.78 bits per heavy atom. The van der Waals surface area contributed by atoms with E-state index in [-0.39, 0.29) is 5.41 Å². The van der Waals surface area contributed by atoms with Crippen LogP contribution in [0.4, 0.5) is 0 Å². The molecule has 1 aliphatic carbocycles. The van der Waals surface area contributed by atoms with Crippen molar-refractivity contribution in [3.8, 4) is 0 Å². The van der Waals surface area contributed by atoms with Crippen molar-refractivity contribution in [3.63, 3.8) is 0 Å². The molecule has 0 bridgehead atoms. The van der Waals surface area contributed by atoms with Crippen molar-refractivity contribution in [2.24, 2.45) is 22.5 Å². The Hall–Kier alpha value is -0.120. The standard InChI is InChI=1S/C15H29NO2/c1-12-10-13(2,3)4-5-15(12,17)14(11-16)6-8-18-9-7-14/h12,17H,4-11,16H2,1-3H3. The van der Waals surface area contributed by atoms with Crippen LogP contribution in [-0.2, 0) is 4.74 Å². The van der Waals surface area contributed by atoms with E-state index < -0.39 is 5.60 Å². The monoisotopic (exact) mass is 255 g/mol. The molecular formula is C15H29NO2. The molecule has 2 atom stereocenters. The summed E-state index contributed by atoms with van der Waals surface area (Å²) in [5, 5.41) is 11.3. The van der Waals surface area contributed by atoms with E-state index in [1.54, 1.807) is 0 Å². The van der Waals surface area contributed by atoms with Crippen LogP contribution < -0.4 is 5.73 Å². The first-order valence-corrected chi connectivity index (χ1v) is 7.35. The summed E-state index contributed by atoms with van der Waals surface area (Å²) in [6.45, 7) is 8.89. The van der Waals surface area contributed by atoms with Gasteiger partial charge in [0.2, 0.25) is 0 Å². The van der Waals surface area contributed by atoms with Crippen LogP contribution in [-0.4, -0.2) is 30.5 Å². The van der Waals surface area contributed by atoms with E-state index in [4.69, 9.17) is 10.5 Å². The van der Waals surface area contributed by atoms with Gasteiger partial charge in [0.15, 0.2) is 0 Å². The van der Waals surface area contributed by atoms with Gasteiger partial charge in [-0.05, 0) is 43.4 Å². The minimum Gasteiger partial charge on any atom is -0.389 e. The van der Waals surface area contributed by atoms with Crippen molar-refractivity contribution in [2.45, 2.75) is 58.5 Å². The number of hydrogen-bond donors (Lipinski definition) is 2. The third-order valence-corrected chi connectivity index (χ3v) is 5.62. The maximum absolute atomic E-state index is 11.3. The Kier molecular flexibility index (Phi) is 3.79. The van der Waals surface area contributed by atoms with Crippen LogP contribution in [0.1, 0.15) is 52.9 Å². The van der Waals surface area contributed by atoms with Crippen LogP contribution >= 0.6 is 0 Å². The second-order valence-corrected chi connectivity index (χ2v) is 7.29. The van der Waals surface area contributed by atoms with E-state index in [2.05, 4.69) is 20.8 Å². The van der Waals surface area contributed by atoms with Gasteiger partial charge in [0.1, 0.15) is 0 Å². The number of ether oxygens (including phenoxy) is 1. The lowest BCUT2D eigenvalue weighted by molar-refractivity contribution is -0.185. The molecule has 1 aliphatic heterocycles. The highest BCUT2D eigenvalue weighted by Gasteiger charge is 2.55. The third-order valence-electron chi connectivity index (χ3n) is 5.62. The van der Waals surface area contributed by atoms with Crippen LogP contribution in [0.15, 0.2) is 0 Å². The molecule has 2 aliphatic rings. The smallest absolute Gasteiger partial charge is 0.0743 e. The average molecular weight is 255 g/mol. The first kappa shape index (κ1) is 14.3. The Bertz CT molecular complexity index is 297. The zero-order valence-corrected chi connectivity index (χ0v) is 12.2. The van der Waals surface area contributed by atoms with Gasteiger partial charge in [-0.3, -0.25) is 0 Å². The predicted octanol–water partition coefficient (Wildman–Crippen LogP) is 2.32. The molecule has 3 N–H and O–H groups in total. The van der Waals surface area contributed by atoms with E-state index in [0.29, 0.717) is 17.9 Å². The van der Waals surface area contributed by atoms with Gasteiger partial charge in [0.25, 0.3) is 0 Å². The Morgan fingerprint density at radius 1 is 1.17 bits per heavy atom. The maximum Gasteiger partial charge on any atom is 0.0743 e. The molecule has 0 aromatic rings. The molecule has 1 saturated carbocycles. The average Bonchev–Trinajstić information content (AvgIpc) is 2.35. The van der Waals surface area contributed by atoms with Crippen molar-refractivity contribution in [1.82, 2.24) is 0 Å². The van der Waals surface area contributed by atoms with Crippen LogP contribution in [0, 0.1) is 16.7 Å². The highest BCUT2D eigenvalue weighted by molar-refractivity contribution is 5.06. The summed E-state index contributed by atoms with van der Waals surface area (Å²) in [6, 6.07) is 0. The molecule has 2 unspecified atom stereocenters. The second kappa shape index (κ2) is 4.77. The van der Waals surface area contributed by atoms with Crippen LogP contribution in [0.5, 0.6) is 0 Å². The van der Waals surface area contributed by atoms with E-state index in [1.807, 2.05) is 0 Å². The molecule has 0 radical (unpaired) electrons. The van der Waals surface area contributed by atoms with E-state index in [0.717, 1.165) is 45.3 Å². The molecule has 2 fully saturated rings. The quantitative estimate of drug-likeness (QED) is 0.796. The van der Waals surface area contributed by atoms with Crippen molar-refractivity contribution >= 4 is 0 Å². The minimum absolute atomic E-state index is 0.124. The topological polar surface area (TPSA) is 55.5 Å². The van der Waals surface area contributed by atoms with Gasteiger partial charge < -0.3 is 15.6 Å². The lowest BCUT2D eigenvalue weighted by Gasteiger charge is -2.56. The molecule has 1 heterocycles. The Morgan fingerprint density at radius 3 is 2.28 bits per heavy atom. The number of aliphatic hydroxyl groups is 1. The zero-order chi connectivity index (χ0) is 13.4. The fourth-order valence-electron chi connectivity index (χ4n) is 4.24. The highest BCUT2D eigenvalue weighted by atomic mass is 16.5. The maximum atomic E-state index is 11.3. The minimum atomic E-state index is -0.596. The molecular weight excluding hydrogens is 226 g/mol. The van der Waals surface area contributed by atoms with E-state index >= 15 is 0 Å². The second-order valence-electron chi connectivity index (χ2n) is 7.29. The summed E-state index contributed by atoms with van der Waals surface area (Å²) in [5.41, 5.74) is 5.70. The highest BCUT2D eigenvalue weighted by Crippen LogP contribution is 2.54. The van der Waals surface area contributed by atoms with Crippen LogP contribution in [0.2, 0.25) is 0 Å². The molecule has 1 saturated heterocycles. The van der Waals surface area contributed by atoms with Crippen molar-refractivity contribution < 1.29 is 9.84 Å². The first-order chi connectivity index (χ1) is 8.35. The summed E-state index contributed by atoms with van der Waals surface area (Å²) in [5.74, 6) is 0.322. The molecule has 2 rings (SSSR count). The van der Waals surface area contributed by atoms with Gasteiger partial charge in [-0.2, -0.15) is 0 Å². The van der Waals surface area contributed by atoms with Crippen molar-refractivity contribution in [3.05, 3.63) is 0 Å². The summed E-state index contributed by atoms with van der Waals surface area (Å²) < 4.78 is 5.47. The number of nitrogens with two attached hydrogens (primary N) is 1. The predicted molar refractivity (Wildman–Crippen MR) is 73.3 cm³/mol. The lowest BCUT2D eigenvalue weighted by Crippen LogP contribution is -2.61. The summed E-state index contributed by atoms with van der Waals surface area (Å²) in [4.78, 5) is 0. The van der Waals surface area contributed by atoms with Crippen molar-refractivity contribution in [1.29, 1.82) is 0 Å². The van der Waals surface area contributed by atoms with Gasteiger partial charge in [0.05, 0.1) is 5.60 Å². The summed E-state index contributed by atoms with van der Waals surface area (Å²) in [6.07, 6.45) is 4.89. The molecule has 0 amide bonds. The van der Waals surface area contributed by atoms with Crippen LogP contribution in [0.25, 0.3) is 0 Å². The van der Waals surface area contributed by atoms with Gasteiger partial charge in [0, 0.05) is 25.2 Å². The molecule has 18 heavy (non-hydrogen) atoms. The largest absolute Gasteiger partial charge is 0.389 e. The van der Waals surface area contributed by atoms with Gasteiger partial charge in [-0.25, -0.2) is 0 Å². The van der Waals surface area contributed by atoms with Gasteiger partial charge in [-0.1, -0.05) is 20.8 Å². The van der Waals surface area contributed by atoms with Gasteiger partial charge in [-0.15, -0.1) is 0 Å². The first-order valence-electron chi connectivity index (χ1n) is 7.35.